The lowest BCUT2D eigenvalue weighted by atomic mass is 10.1. The molecule has 0 aromatic carbocycles. The van der Waals surface area contributed by atoms with Crippen molar-refractivity contribution >= 4 is 0 Å². The van der Waals surface area contributed by atoms with Crippen LogP contribution in [-0.2, 0) is 9.47 Å². The molecule has 0 aromatic rings. The van der Waals surface area contributed by atoms with Gasteiger partial charge in [-0.3, -0.25) is 0 Å². The van der Waals surface area contributed by atoms with E-state index in [-0.39, 0.29) is 12.2 Å². The number of rotatable bonds is 0. The van der Waals surface area contributed by atoms with E-state index in [9.17, 15) is 0 Å². The van der Waals surface area contributed by atoms with E-state index in [1.807, 2.05) is 52.0 Å². The molecule has 0 spiro atoms. The standard InChI is InChI=1S/C9H12O2.C3H8.C2H6/c1-9(2)10-7-5-3-4-6-8(7)11-9;1-3-2;1-2/h3-8H,1-2H3;3H2,1-2H3;1-2H3/t7-,8+;;. The predicted molar refractivity (Wildman–Crippen MR) is 69.4 cm³/mol. The Morgan fingerprint density at radius 1 is 0.938 bits per heavy atom. The molecule has 0 radical (unpaired) electrons. The Morgan fingerprint density at radius 3 is 1.56 bits per heavy atom. The monoisotopic (exact) mass is 226 g/mol. The zero-order valence-electron chi connectivity index (χ0n) is 11.5. The normalized spacial score (nSPS) is 28.4. The van der Waals surface area contributed by atoms with Crippen LogP contribution in [0.2, 0.25) is 0 Å². The molecule has 1 fully saturated rings. The van der Waals surface area contributed by atoms with Gasteiger partial charge in [-0.25, -0.2) is 0 Å². The molecule has 1 aliphatic carbocycles. The van der Waals surface area contributed by atoms with Gasteiger partial charge in [0.25, 0.3) is 0 Å². The molecule has 2 rings (SSSR count). The third-order valence-electron chi connectivity index (χ3n) is 1.88. The van der Waals surface area contributed by atoms with Crippen molar-refractivity contribution in [2.45, 2.75) is 66.0 Å². The van der Waals surface area contributed by atoms with Crippen LogP contribution in [0.25, 0.3) is 0 Å². The zero-order chi connectivity index (χ0) is 12.6. The Bertz CT molecular complexity index is 207. The minimum atomic E-state index is -0.422. The number of fused-ring (bicyclic) bond motifs is 1. The summed E-state index contributed by atoms with van der Waals surface area (Å²) < 4.78 is 11.2. The summed E-state index contributed by atoms with van der Waals surface area (Å²) in [7, 11) is 0. The molecule has 1 aliphatic heterocycles. The van der Waals surface area contributed by atoms with Crippen LogP contribution in [0, 0.1) is 0 Å². The average molecular weight is 226 g/mol. The quantitative estimate of drug-likeness (QED) is 0.619. The summed E-state index contributed by atoms with van der Waals surface area (Å²) in [6.07, 6.45) is 9.53. The van der Waals surface area contributed by atoms with Crippen LogP contribution < -0.4 is 0 Å². The van der Waals surface area contributed by atoms with E-state index in [1.54, 1.807) is 0 Å². The van der Waals surface area contributed by atoms with Gasteiger partial charge in [-0.05, 0) is 13.8 Å². The zero-order valence-corrected chi connectivity index (χ0v) is 11.5. The summed E-state index contributed by atoms with van der Waals surface area (Å²) in [6.45, 7) is 12.1. The minimum Gasteiger partial charge on any atom is -0.340 e. The van der Waals surface area contributed by atoms with E-state index in [1.165, 1.54) is 6.42 Å². The number of hydrogen-bond donors (Lipinski definition) is 0. The molecule has 0 saturated carbocycles. The highest BCUT2D eigenvalue weighted by atomic mass is 16.7. The second-order valence-electron chi connectivity index (χ2n) is 4.04. The third kappa shape index (κ3) is 4.95. The molecule has 1 heterocycles. The fourth-order valence-electron chi connectivity index (χ4n) is 1.46. The molecule has 2 heteroatoms. The van der Waals surface area contributed by atoms with Crippen molar-refractivity contribution in [2.24, 2.45) is 0 Å². The van der Waals surface area contributed by atoms with E-state index in [0.717, 1.165) is 0 Å². The maximum Gasteiger partial charge on any atom is 0.164 e. The molecule has 0 aromatic heterocycles. The molecule has 2 aliphatic rings. The minimum absolute atomic E-state index is 0.120. The highest BCUT2D eigenvalue weighted by Gasteiger charge is 2.38. The lowest BCUT2D eigenvalue weighted by Crippen LogP contribution is -2.20. The van der Waals surface area contributed by atoms with Crippen LogP contribution in [0.5, 0.6) is 0 Å². The molecular weight excluding hydrogens is 200 g/mol. The fraction of sp³-hybridized carbons (Fsp3) is 0.714. The van der Waals surface area contributed by atoms with Gasteiger partial charge in [0, 0.05) is 0 Å². The lowest BCUT2D eigenvalue weighted by molar-refractivity contribution is -0.138. The summed E-state index contributed by atoms with van der Waals surface area (Å²) in [6, 6.07) is 0. The van der Waals surface area contributed by atoms with Gasteiger partial charge in [0.1, 0.15) is 12.2 Å². The molecular formula is C14H26O2. The largest absolute Gasteiger partial charge is 0.340 e. The van der Waals surface area contributed by atoms with Crippen molar-refractivity contribution in [1.29, 1.82) is 0 Å². The molecule has 0 bridgehead atoms. The van der Waals surface area contributed by atoms with Crippen LogP contribution in [0.3, 0.4) is 0 Å². The van der Waals surface area contributed by atoms with Crippen molar-refractivity contribution in [3.8, 4) is 0 Å². The number of allylic oxidation sites excluding steroid dienone is 2. The van der Waals surface area contributed by atoms with Crippen molar-refractivity contribution in [2.75, 3.05) is 0 Å². The Hall–Kier alpha value is -0.600. The van der Waals surface area contributed by atoms with Crippen molar-refractivity contribution in [3.63, 3.8) is 0 Å². The smallest absolute Gasteiger partial charge is 0.164 e. The van der Waals surface area contributed by atoms with E-state index in [2.05, 4.69) is 13.8 Å². The Balaban J connectivity index is 0.000000394. The summed E-state index contributed by atoms with van der Waals surface area (Å²) in [4.78, 5) is 0. The van der Waals surface area contributed by atoms with E-state index in [4.69, 9.17) is 9.47 Å². The fourth-order valence-corrected chi connectivity index (χ4v) is 1.46. The molecule has 0 amide bonds. The number of ether oxygens (including phenoxy) is 2. The molecule has 2 nitrogen and oxygen atoms in total. The van der Waals surface area contributed by atoms with Gasteiger partial charge in [-0.1, -0.05) is 58.4 Å². The predicted octanol–water partition coefficient (Wildman–Crippen LogP) is 4.08. The van der Waals surface area contributed by atoms with Gasteiger partial charge in [-0.15, -0.1) is 0 Å². The van der Waals surface area contributed by atoms with Gasteiger partial charge in [0.15, 0.2) is 5.79 Å². The second-order valence-corrected chi connectivity index (χ2v) is 4.04. The van der Waals surface area contributed by atoms with Gasteiger partial charge in [0.05, 0.1) is 0 Å². The Morgan fingerprint density at radius 2 is 1.25 bits per heavy atom. The van der Waals surface area contributed by atoms with Crippen molar-refractivity contribution in [3.05, 3.63) is 24.3 Å². The third-order valence-corrected chi connectivity index (χ3v) is 1.88. The molecule has 0 N–H and O–H groups in total. The average Bonchev–Trinajstić information content (AvgIpc) is 2.55. The van der Waals surface area contributed by atoms with Crippen LogP contribution in [0.4, 0.5) is 0 Å². The lowest BCUT2D eigenvalue weighted by Gasteiger charge is -2.15. The summed E-state index contributed by atoms with van der Waals surface area (Å²) in [5.41, 5.74) is 0. The molecule has 2 atom stereocenters. The second kappa shape index (κ2) is 7.64. The van der Waals surface area contributed by atoms with Gasteiger partial charge in [0.2, 0.25) is 0 Å². The highest BCUT2D eigenvalue weighted by Crippen LogP contribution is 2.30. The van der Waals surface area contributed by atoms with E-state index in [0.29, 0.717) is 0 Å². The first-order valence-electron chi connectivity index (χ1n) is 6.29. The SMILES string of the molecule is CC.CC1(C)O[C@H]2C=CC=C[C@H]2O1.CCC. The first kappa shape index (κ1) is 15.4. The summed E-state index contributed by atoms with van der Waals surface area (Å²) in [5, 5.41) is 0. The summed E-state index contributed by atoms with van der Waals surface area (Å²) >= 11 is 0. The molecule has 0 unspecified atom stereocenters. The first-order valence-corrected chi connectivity index (χ1v) is 6.29. The maximum absolute atomic E-state index is 5.59. The van der Waals surface area contributed by atoms with Crippen LogP contribution in [-0.4, -0.2) is 18.0 Å². The van der Waals surface area contributed by atoms with Crippen molar-refractivity contribution < 1.29 is 9.47 Å². The molecule has 16 heavy (non-hydrogen) atoms. The topological polar surface area (TPSA) is 18.5 Å². The van der Waals surface area contributed by atoms with Crippen LogP contribution in [0.1, 0.15) is 48.0 Å². The molecule has 1 saturated heterocycles. The van der Waals surface area contributed by atoms with E-state index < -0.39 is 5.79 Å². The summed E-state index contributed by atoms with van der Waals surface area (Å²) in [5.74, 6) is -0.422. The van der Waals surface area contributed by atoms with Gasteiger partial charge >= 0.3 is 0 Å². The van der Waals surface area contributed by atoms with Gasteiger partial charge < -0.3 is 9.47 Å². The first-order chi connectivity index (χ1) is 7.59. The van der Waals surface area contributed by atoms with Crippen molar-refractivity contribution in [1.82, 2.24) is 0 Å². The van der Waals surface area contributed by atoms with E-state index >= 15 is 0 Å². The Labute approximate surface area is 100 Å². The maximum atomic E-state index is 5.59. The van der Waals surface area contributed by atoms with Crippen LogP contribution >= 0.6 is 0 Å². The van der Waals surface area contributed by atoms with Gasteiger partial charge in [-0.2, -0.15) is 0 Å². The highest BCUT2D eigenvalue weighted by molar-refractivity contribution is 5.18. The Kier molecular flexibility index (Phi) is 7.35. The number of hydrogen-bond acceptors (Lipinski definition) is 2. The van der Waals surface area contributed by atoms with Crippen LogP contribution in [0.15, 0.2) is 24.3 Å². The molecule has 94 valence electrons.